The Morgan fingerprint density at radius 2 is 1.83 bits per heavy atom. The van der Waals surface area contributed by atoms with E-state index in [0.717, 1.165) is 37.7 Å². The van der Waals surface area contributed by atoms with Crippen LogP contribution in [0.15, 0.2) is 48.5 Å². The molecule has 1 aliphatic heterocycles. The van der Waals surface area contributed by atoms with Crippen molar-refractivity contribution in [2.45, 2.75) is 63.5 Å². The zero-order chi connectivity index (χ0) is 20.6. The van der Waals surface area contributed by atoms with Crippen LogP contribution in [0.4, 0.5) is 10.1 Å². The van der Waals surface area contributed by atoms with Crippen molar-refractivity contribution in [3.8, 4) is 0 Å². The van der Waals surface area contributed by atoms with Gasteiger partial charge in [-0.2, -0.15) is 0 Å². The largest absolute Gasteiger partial charge is 0.329 e. The predicted octanol–water partition coefficient (Wildman–Crippen LogP) is 5.12. The number of carbonyl (C=O) groups excluding carboxylic acids is 2. The molecule has 0 saturated heterocycles. The van der Waals surface area contributed by atoms with Crippen molar-refractivity contribution >= 4 is 17.5 Å². The summed E-state index contributed by atoms with van der Waals surface area (Å²) in [5, 5.41) is 2.81. The first-order valence-corrected chi connectivity index (χ1v) is 10.5. The minimum atomic E-state index is -0.559. The number of fused-ring (bicyclic) bond motifs is 1. The number of rotatable bonds is 4. The van der Waals surface area contributed by atoms with Crippen molar-refractivity contribution in [2.24, 2.45) is 0 Å². The molecule has 152 valence electrons. The Bertz CT molecular complexity index is 936. The molecule has 2 atom stereocenters. The van der Waals surface area contributed by atoms with E-state index in [-0.39, 0.29) is 23.5 Å². The van der Waals surface area contributed by atoms with Gasteiger partial charge >= 0.3 is 0 Å². The molecule has 0 bridgehead atoms. The highest BCUT2D eigenvalue weighted by molar-refractivity contribution is 6.05. The lowest BCUT2D eigenvalue weighted by molar-refractivity contribution is -0.121. The van der Waals surface area contributed by atoms with Gasteiger partial charge in [0.1, 0.15) is 5.82 Å². The van der Waals surface area contributed by atoms with Gasteiger partial charge in [-0.1, -0.05) is 50.1 Å². The van der Waals surface area contributed by atoms with Gasteiger partial charge in [0.2, 0.25) is 5.91 Å². The predicted molar refractivity (Wildman–Crippen MR) is 111 cm³/mol. The number of halogens is 1. The third kappa shape index (κ3) is 3.13. The van der Waals surface area contributed by atoms with E-state index in [2.05, 4.69) is 19.2 Å². The monoisotopic (exact) mass is 394 g/mol. The number of nitrogens with zero attached hydrogens (tertiary/aromatic N) is 1. The topological polar surface area (TPSA) is 49.4 Å². The Balaban J connectivity index is 1.84. The fraction of sp³-hybridized carbons (Fsp3) is 0.417. The minimum absolute atomic E-state index is 0.00629. The van der Waals surface area contributed by atoms with Gasteiger partial charge in [0.25, 0.3) is 5.91 Å². The van der Waals surface area contributed by atoms with Crippen molar-refractivity contribution in [1.82, 2.24) is 4.90 Å². The van der Waals surface area contributed by atoms with Gasteiger partial charge in [-0.05, 0) is 49.9 Å². The van der Waals surface area contributed by atoms with Crippen molar-refractivity contribution in [1.29, 1.82) is 0 Å². The highest BCUT2D eigenvalue weighted by Gasteiger charge is 2.56. The quantitative estimate of drug-likeness (QED) is 0.783. The molecule has 1 spiro atoms. The summed E-state index contributed by atoms with van der Waals surface area (Å²) in [6.45, 7) is 4.12. The molecule has 1 heterocycles. The van der Waals surface area contributed by atoms with E-state index in [1.54, 1.807) is 24.3 Å². The zero-order valence-electron chi connectivity index (χ0n) is 17.0. The Morgan fingerprint density at radius 1 is 1.17 bits per heavy atom. The summed E-state index contributed by atoms with van der Waals surface area (Å²) in [4.78, 5) is 29.1. The van der Waals surface area contributed by atoms with E-state index in [1.807, 2.05) is 23.1 Å². The Hall–Kier alpha value is -2.69. The zero-order valence-corrected chi connectivity index (χ0v) is 17.0. The molecular formula is C24H27FN2O2. The van der Waals surface area contributed by atoms with Crippen LogP contribution < -0.4 is 5.32 Å². The van der Waals surface area contributed by atoms with Crippen LogP contribution in [0, 0.1) is 5.82 Å². The molecule has 5 heteroatoms. The maximum absolute atomic E-state index is 14.2. The normalized spacial score (nSPS) is 21.1. The van der Waals surface area contributed by atoms with E-state index in [4.69, 9.17) is 0 Å². The second-order valence-electron chi connectivity index (χ2n) is 8.23. The maximum Gasteiger partial charge on any atom is 0.254 e. The summed E-state index contributed by atoms with van der Waals surface area (Å²) >= 11 is 0. The number of hydrogen-bond acceptors (Lipinski definition) is 2. The molecule has 2 aromatic rings. The van der Waals surface area contributed by atoms with Gasteiger partial charge in [-0.3, -0.25) is 9.59 Å². The molecule has 2 amide bonds. The van der Waals surface area contributed by atoms with E-state index < -0.39 is 17.3 Å². The average Bonchev–Trinajstić information content (AvgIpc) is 3.19. The number of amides is 2. The summed E-state index contributed by atoms with van der Waals surface area (Å²) in [6, 6.07) is 13.6. The molecular weight excluding hydrogens is 367 g/mol. The molecule has 1 aliphatic carbocycles. The molecule has 1 N–H and O–H groups in total. The van der Waals surface area contributed by atoms with E-state index >= 15 is 0 Å². The average molecular weight is 394 g/mol. The van der Waals surface area contributed by atoms with Crippen LogP contribution in [0.25, 0.3) is 0 Å². The summed E-state index contributed by atoms with van der Waals surface area (Å²) in [6.07, 6.45) is 4.34. The van der Waals surface area contributed by atoms with Crippen molar-refractivity contribution in [3.63, 3.8) is 0 Å². The lowest BCUT2D eigenvalue weighted by Crippen LogP contribution is -2.62. The Kier molecular flexibility index (Phi) is 5.15. The first kappa shape index (κ1) is 19.6. The van der Waals surface area contributed by atoms with Crippen molar-refractivity contribution in [3.05, 3.63) is 65.5 Å². The molecule has 0 unspecified atom stereocenters. The number of anilines is 1. The van der Waals surface area contributed by atoms with E-state index in [0.29, 0.717) is 5.56 Å². The van der Waals surface area contributed by atoms with E-state index in [1.165, 1.54) is 6.07 Å². The SMILES string of the molecule is CC[C@H](C)N1C(=O)c2ccccc2[C@@H](C(=O)Nc2ccccc2F)C12CCCC2. The van der Waals surface area contributed by atoms with Gasteiger partial charge in [0.05, 0.1) is 17.1 Å². The van der Waals surface area contributed by atoms with E-state index in [9.17, 15) is 14.0 Å². The number of benzene rings is 2. The molecule has 2 aliphatic rings. The Labute approximate surface area is 171 Å². The van der Waals surface area contributed by atoms with Crippen LogP contribution in [-0.2, 0) is 4.79 Å². The molecule has 0 radical (unpaired) electrons. The minimum Gasteiger partial charge on any atom is -0.329 e. The number of hydrogen-bond donors (Lipinski definition) is 1. The molecule has 2 aromatic carbocycles. The summed E-state index contributed by atoms with van der Waals surface area (Å²) < 4.78 is 14.2. The van der Waals surface area contributed by atoms with Crippen LogP contribution >= 0.6 is 0 Å². The second kappa shape index (κ2) is 7.62. The van der Waals surface area contributed by atoms with Gasteiger partial charge in [-0.25, -0.2) is 4.39 Å². The third-order valence-electron chi connectivity index (χ3n) is 6.63. The highest BCUT2D eigenvalue weighted by Crippen LogP contribution is 2.51. The van der Waals surface area contributed by atoms with Gasteiger partial charge in [0, 0.05) is 11.6 Å². The fourth-order valence-electron chi connectivity index (χ4n) is 5.20. The van der Waals surface area contributed by atoms with Crippen LogP contribution in [0.3, 0.4) is 0 Å². The molecule has 0 aromatic heterocycles. The molecule has 4 nitrogen and oxygen atoms in total. The molecule has 1 saturated carbocycles. The summed E-state index contributed by atoms with van der Waals surface area (Å²) in [5.74, 6) is -1.22. The first-order chi connectivity index (χ1) is 14.0. The first-order valence-electron chi connectivity index (χ1n) is 10.5. The molecule has 29 heavy (non-hydrogen) atoms. The van der Waals surface area contributed by atoms with Crippen LogP contribution in [0.5, 0.6) is 0 Å². The molecule has 4 rings (SSSR count). The lowest BCUT2D eigenvalue weighted by Gasteiger charge is -2.52. The van der Waals surface area contributed by atoms with Gasteiger partial charge in [-0.15, -0.1) is 0 Å². The molecule has 1 fully saturated rings. The standard InChI is InChI=1S/C24H27FN2O2/c1-3-16(2)27-23(29)18-11-5-4-10-17(18)21(24(27)14-8-9-15-24)22(28)26-20-13-7-6-12-19(20)25/h4-7,10-13,16,21H,3,8-9,14-15H2,1-2H3,(H,26,28)/t16-,21-/m0/s1. The smallest absolute Gasteiger partial charge is 0.254 e. The summed E-state index contributed by atoms with van der Waals surface area (Å²) in [7, 11) is 0. The van der Waals surface area contributed by atoms with Crippen molar-refractivity contribution in [2.75, 3.05) is 5.32 Å². The van der Waals surface area contributed by atoms with Gasteiger partial charge < -0.3 is 10.2 Å². The maximum atomic E-state index is 14.2. The van der Waals surface area contributed by atoms with Crippen LogP contribution in [0.1, 0.15) is 67.8 Å². The number of carbonyl (C=O) groups is 2. The fourth-order valence-corrected chi connectivity index (χ4v) is 5.20. The Morgan fingerprint density at radius 3 is 2.52 bits per heavy atom. The summed E-state index contributed by atoms with van der Waals surface area (Å²) in [5.41, 5.74) is 0.956. The highest BCUT2D eigenvalue weighted by atomic mass is 19.1. The lowest BCUT2D eigenvalue weighted by atomic mass is 9.70. The van der Waals surface area contributed by atoms with Crippen molar-refractivity contribution < 1.29 is 14.0 Å². The van der Waals surface area contributed by atoms with Crippen LogP contribution in [-0.4, -0.2) is 28.3 Å². The number of nitrogens with one attached hydrogen (secondary N) is 1. The third-order valence-corrected chi connectivity index (χ3v) is 6.63. The second-order valence-corrected chi connectivity index (χ2v) is 8.23. The van der Waals surface area contributed by atoms with Gasteiger partial charge in [0.15, 0.2) is 0 Å². The number of para-hydroxylation sites is 1. The van der Waals surface area contributed by atoms with Crippen LogP contribution in [0.2, 0.25) is 0 Å².